The summed E-state index contributed by atoms with van der Waals surface area (Å²) in [5.41, 5.74) is 0. The van der Waals surface area contributed by atoms with Crippen molar-refractivity contribution in [3.8, 4) is 0 Å². The van der Waals surface area contributed by atoms with E-state index in [0.29, 0.717) is 6.54 Å². The van der Waals surface area contributed by atoms with Gasteiger partial charge in [-0.1, -0.05) is 0 Å². The molecular formula is C9H14BrN3O. The molecular weight excluding hydrogens is 246 g/mol. The van der Waals surface area contributed by atoms with Gasteiger partial charge in [0.05, 0.1) is 18.8 Å². The highest BCUT2D eigenvalue weighted by Gasteiger charge is 2.24. The molecule has 1 aliphatic rings. The average Bonchev–Trinajstić information content (AvgIpc) is 2.72. The number of nitrogens with one attached hydrogen (secondary N) is 2. The van der Waals surface area contributed by atoms with E-state index in [1.807, 2.05) is 0 Å². The van der Waals surface area contributed by atoms with Crippen molar-refractivity contribution in [1.82, 2.24) is 15.3 Å². The molecule has 0 aliphatic heterocycles. The van der Waals surface area contributed by atoms with Crippen LogP contribution >= 0.6 is 15.9 Å². The molecule has 1 saturated carbocycles. The van der Waals surface area contributed by atoms with Crippen molar-refractivity contribution in [2.45, 2.75) is 38.0 Å². The number of aromatic nitrogens is 2. The second-order valence-electron chi connectivity index (χ2n) is 3.66. The summed E-state index contributed by atoms with van der Waals surface area (Å²) in [6.45, 7) is 0.688. The summed E-state index contributed by atoms with van der Waals surface area (Å²) < 4.78 is 0.890. The predicted octanol–water partition coefficient (Wildman–Crippen LogP) is 1.18. The summed E-state index contributed by atoms with van der Waals surface area (Å²) in [4.78, 5) is 7.23. The van der Waals surface area contributed by atoms with Gasteiger partial charge in [0.25, 0.3) is 0 Å². The number of aliphatic hydroxyl groups is 1. The van der Waals surface area contributed by atoms with Crippen molar-refractivity contribution in [2.24, 2.45) is 0 Å². The average molecular weight is 260 g/mol. The molecule has 2 rings (SSSR count). The lowest BCUT2D eigenvalue weighted by atomic mass is 10.2. The fourth-order valence-corrected chi connectivity index (χ4v) is 2.16. The first-order valence-electron chi connectivity index (χ1n) is 4.86. The number of halogens is 1. The molecule has 1 fully saturated rings. The summed E-state index contributed by atoms with van der Waals surface area (Å²) >= 11 is 3.30. The molecule has 0 radical (unpaired) electrons. The maximum atomic E-state index is 9.57. The minimum absolute atomic E-state index is 0.187. The first kappa shape index (κ1) is 10.1. The smallest absolute Gasteiger partial charge is 0.120 e. The number of aromatic amines is 1. The Balaban J connectivity index is 1.82. The van der Waals surface area contributed by atoms with Crippen LogP contribution in [0, 0.1) is 0 Å². The number of aliphatic hydroxyl groups excluding tert-OH is 1. The van der Waals surface area contributed by atoms with Crippen LogP contribution in [0.1, 0.15) is 25.1 Å². The number of imidazole rings is 1. The van der Waals surface area contributed by atoms with E-state index < -0.39 is 0 Å². The highest BCUT2D eigenvalue weighted by atomic mass is 79.9. The Hall–Kier alpha value is -0.390. The van der Waals surface area contributed by atoms with Crippen LogP contribution in [0.25, 0.3) is 0 Å². The van der Waals surface area contributed by atoms with Gasteiger partial charge in [-0.2, -0.15) is 0 Å². The van der Waals surface area contributed by atoms with Gasteiger partial charge in [0.15, 0.2) is 0 Å². The van der Waals surface area contributed by atoms with E-state index in [1.54, 1.807) is 6.20 Å². The summed E-state index contributed by atoms with van der Waals surface area (Å²) in [5, 5.41) is 12.9. The van der Waals surface area contributed by atoms with Gasteiger partial charge in [-0.3, -0.25) is 0 Å². The Morgan fingerprint density at radius 3 is 3.07 bits per heavy atom. The number of nitrogens with zero attached hydrogens (tertiary/aromatic N) is 1. The van der Waals surface area contributed by atoms with Crippen LogP contribution in [-0.4, -0.2) is 27.2 Å². The largest absolute Gasteiger partial charge is 0.392 e. The summed E-state index contributed by atoms with van der Waals surface area (Å²) in [6.07, 6.45) is 4.64. The highest BCUT2D eigenvalue weighted by Crippen LogP contribution is 2.18. The second-order valence-corrected chi connectivity index (χ2v) is 4.52. The van der Waals surface area contributed by atoms with Crippen molar-refractivity contribution in [3.05, 3.63) is 16.6 Å². The minimum atomic E-state index is -0.187. The van der Waals surface area contributed by atoms with E-state index in [2.05, 4.69) is 31.2 Å². The fraction of sp³-hybridized carbons (Fsp3) is 0.667. The minimum Gasteiger partial charge on any atom is -0.392 e. The fourth-order valence-electron chi connectivity index (χ4n) is 1.83. The number of hydrogen-bond acceptors (Lipinski definition) is 3. The van der Waals surface area contributed by atoms with Crippen LogP contribution in [-0.2, 0) is 6.54 Å². The van der Waals surface area contributed by atoms with Gasteiger partial charge in [-0.25, -0.2) is 4.98 Å². The monoisotopic (exact) mass is 259 g/mol. The van der Waals surface area contributed by atoms with Crippen LogP contribution in [0.4, 0.5) is 0 Å². The third-order valence-corrected chi connectivity index (χ3v) is 3.01. The van der Waals surface area contributed by atoms with E-state index in [4.69, 9.17) is 0 Å². The van der Waals surface area contributed by atoms with Crippen molar-refractivity contribution >= 4 is 15.9 Å². The van der Waals surface area contributed by atoms with E-state index in [0.717, 1.165) is 29.7 Å². The van der Waals surface area contributed by atoms with Gasteiger partial charge in [0.2, 0.25) is 0 Å². The zero-order valence-electron chi connectivity index (χ0n) is 7.83. The lowest BCUT2D eigenvalue weighted by Gasteiger charge is -2.15. The third-order valence-electron chi connectivity index (χ3n) is 2.61. The van der Waals surface area contributed by atoms with Gasteiger partial charge in [-0.05, 0) is 35.2 Å². The first-order valence-corrected chi connectivity index (χ1v) is 5.66. The maximum absolute atomic E-state index is 9.57. The topological polar surface area (TPSA) is 60.9 Å². The molecule has 1 aromatic rings. The Kier molecular flexibility index (Phi) is 3.20. The van der Waals surface area contributed by atoms with Crippen LogP contribution in [0.15, 0.2) is 10.8 Å². The van der Waals surface area contributed by atoms with E-state index in [1.165, 1.54) is 0 Å². The van der Waals surface area contributed by atoms with Gasteiger partial charge in [0.1, 0.15) is 10.4 Å². The van der Waals surface area contributed by atoms with Gasteiger partial charge in [0, 0.05) is 6.04 Å². The van der Waals surface area contributed by atoms with Gasteiger partial charge < -0.3 is 15.4 Å². The molecule has 3 N–H and O–H groups in total. The normalized spacial score (nSPS) is 27.0. The van der Waals surface area contributed by atoms with Crippen LogP contribution < -0.4 is 5.32 Å². The summed E-state index contributed by atoms with van der Waals surface area (Å²) in [7, 11) is 0. The van der Waals surface area contributed by atoms with Crippen molar-refractivity contribution in [1.29, 1.82) is 0 Å². The lowest BCUT2D eigenvalue weighted by Crippen LogP contribution is -2.35. The molecule has 4 nitrogen and oxygen atoms in total. The number of rotatable bonds is 3. The maximum Gasteiger partial charge on any atom is 0.120 e. The van der Waals surface area contributed by atoms with Crippen LogP contribution in [0.2, 0.25) is 0 Å². The molecule has 2 unspecified atom stereocenters. The van der Waals surface area contributed by atoms with Crippen molar-refractivity contribution in [3.63, 3.8) is 0 Å². The Labute approximate surface area is 91.3 Å². The van der Waals surface area contributed by atoms with E-state index in [-0.39, 0.29) is 12.1 Å². The molecule has 0 spiro atoms. The molecule has 1 aliphatic carbocycles. The first-order chi connectivity index (χ1) is 6.75. The molecule has 5 heteroatoms. The molecule has 2 atom stereocenters. The zero-order chi connectivity index (χ0) is 9.97. The molecule has 0 aromatic carbocycles. The van der Waals surface area contributed by atoms with Crippen LogP contribution in [0.5, 0.6) is 0 Å². The Morgan fingerprint density at radius 1 is 1.64 bits per heavy atom. The van der Waals surface area contributed by atoms with Crippen molar-refractivity contribution in [2.75, 3.05) is 0 Å². The molecule has 14 heavy (non-hydrogen) atoms. The van der Waals surface area contributed by atoms with E-state index in [9.17, 15) is 5.11 Å². The molecule has 1 aromatic heterocycles. The highest BCUT2D eigenvalue weighted by molar-refractivity contribution is 9.10. The Bertz CT molecular complexity index is 302. The molecule has 0 bridgehead atoms. The lowest BCUT2D eigenvalue weighted by molar-refractivity contribution is 0.148. The zero-order valence-corrected chi connectivity index (χ0v) is 9.42. The van der Waals surface area contributed by atoms with Gasteiger partial charge in [-0.15, -0.1) is 0 Å². The van der Waals surface area contributed by atoms with Gasteiger partial charge >= 0.3 is 0 Å². The molecule has 1 heterocycles. The SMILES string of the molecule is OC1CCCC1NCc1ncc(Br)[nH]1. The molecule has 0 saturated heterocycles. The third kappa shape index (κ3) is 2.34. The Morgan fingerprint density at radius 2 is 2.50 bits per heavy atom. The van der Waals surface area contributed by atoms with Crippen molar-refractivity contribution < 1.29 is 5.11 Å². The molecule has 78 valence electrons. The molecule has 0 amide bonds. The predicted molar refractivity (Wildman–Crippen MR) is 56.8 cm³/mol. The summed E-state index contributed by atoms with van der Waals surface area (Å²) in [5.74, 6) is 0.899. The number of hydrogen-bond donors (Lipinski definition) is 3. The quantitative estimate of drug-likeness (QED) is 0.764. The standard InChI is InChI=1S/C9H14BrN3O/c10-8-4-12-9(13-8)5-11-6-2-1-3-7(6)14/h4,6-7,11,14H,1-3,5H2,(H,12,13). The van der Waals surface area contributed by atoms with Crippen LogP contribution in [0.3, 0.4) is 0 Å². The second kappa shape index (κ2) is 4.42. The number of H-pyrrole nitrogens is 1. The summed E-state index contributed by atoms with van der Waals surface area (Å²) in [6, 6.07) is 0.235. The van der Waals surface area contributed by atoms with E-state index >= 15 is 0 Å².